The average Bonchev–Trinajstić information content (AvgIpc) is 2.89. The second-order valence-electron chi connectivity index (χ2n) is 4.83. The zero-order valence-corrected chi connectivity index (χ0v) is 11.4. The number of hydrogen-bond acceptors (Lipinski definition) is 5. The third-order valence-corrected chi connectivity index (χ3v) is 4.38. The van der Waals surface area contributed by atoms with Crippen molar-refractivity contribution < 1.29 is 19.6 Å². The lowest BCUT2D eigenvalue weighted by molar-refractivity contribution is -0.380. The Hall–Kier alpha value is -1.96. The quantitative estimate of drug-likeness (QED) is 0.654. The van der Waals surface area contributed by atoms with Crippen molar-refractivity contribution in [3.8, 4) is 0 Å². The molecule has 1 heterocycles. The number of nitrogens with zero attached hydrogens (tertiary/aromatic N) is 1. The third kappa shape index (κ3) is 2.79. The lowest BCUT2D eigenvalue weighted by atomic mass is 9.81. The van der Waals surface area contributed by atoms with Crippen LogP contribution in [-0.2, 0) is 4.79 Å². The van der Waals surface area contributed by atoms with Gasteiger partial charge in [0.15, 0.2) is 0 Å². The van der Waals surface area contributed by atoms with E-state index in [1.165, 1.54) is 11.4 Å². The van der Waals surface area contributed by atoms with Crippen LogP contribution in [0, 0.1) is 10.1 Å². The maximum Gasteiger partial charge on any atom is 0.329 e. The topological polar surface area (TPSA) is 110 Å². The molecular weight excluding hydrogens is 284 g/mol. The molecule has 0 saturated heterocycles. The lowest BCUT2D eigenvalue weighted by Gasteiger charge is -2.33. The SMILES string of the molecule is O=C(NC1(C(=O)O)CCCCC1)c1csc([N+](=O)[O-])c1. The number of amides is 1. The number of nitrogens with one attached hydrogen (secondary N) is 1. The highest BCUT2D eigenvalue weighted by atomic mass is 32.1. The minimum Gasteiger partial charge on any atom is -0.480 e. The molecule has 0 unspecified atom stereocenters. The van der Waals surface area contributed by atoms with Crippen LogP contribution in [0.2, 0.25) is 0 Å². The molecule has 0 atom stereocenters. The van der Waals surface area contributed by atoms with Crippen molar-refractivity contribution in [2.45, 2.75) is 37.6 Å². The Bertz CT molecular complexity index is 548. The summed E-state index contributed by atoms with van der Waals surface area (Å²) >= 11 is 0.848. The van der Waals surface area contributed by atoms with Crippen molar-refractivity contribution >= 4 is 28.2 Å². The summed E-state index contributed by atoms with van der Waals surface area (Å²) in [4.78, 5) is 33.5. The predicted molar refractivity (Wildman–Crippen MR) is 71.9 cm³/mol. The largest absolute Gasteiger partial charge is 0.480 e. The molecule has 1 saturated carbocycles. The molecule has 1 aromatic rings. The Morgan fingerprint density at radius 2 is 2.00 bits per heavy atom. The highest BCUT2D eigenvalue weighted by molar-refractivity contribution is 7.13. The Morgan fingerprint density at radius 3 is 2.50 bits per heavy atom. The summed E-state index contributed by atoms with van der Waals surface area (Å²) in [5.41, 5.74) is -1.11. The van der Waals surface area contributed by atoms with Gasteiger partial charge in [-0.25, -0.2) is 4.79 Å². The second kappa shape index (κ2) is 5.58. The number of carbonyl (C=O) groups excluding carboxylic acids is 1. The highest BCUT2D eigenvalue weighted by Crippen LogP contribution is 2.30. The minimum absolute atomic E-state index is 0.132. The fraction of sp³-hybridized carbons (Fsp3) is 0.500. The van der Waals surface area contributed by atoms with E-state index in [-0.39, 0.29) is 10.6 Å². The molecule has 0 aliphatic heterocycles. The van der Waals surface area contributed by atoms with Crippen LogP contribution in [0.4, 0.5) is 5.00 Å². The van der Waals surface area contributed by atoms with E-state index in [9.17, 15) is 24.8 Å². The van der Waals surface area contributed by atoms with Gasteiger partial charge in [-0.1, -0.05) is 30.6 Å². The molecule has 0 bridgehead atoms. The maximum absolute atomic E-state index is 12.1. The molecule has 7 nitrogen and oxygen atoms in total. The average molecular weight is 298 g/mol. The normalized spacial score (nSPS) is 17.4. The fourth-order valence-electron chi connectivity index (χ4n) is 2.38. The predicted octanol–water partition coefficient (Wildman–Crippen LogP) is 2.17. The zero-order valence-electron chi connectivity index (χ0n) is 10.6. The molecule has 20 heavy (non-hydrogen) atoms. The van der Waals surface area contributed by atoms with Gasteiger partial charge in [-0.15, -0.1) is 0 Å². The summed E-state index contributed by atoms with van der Waals surface area (Å²) in [6.45, 7) is 0. The van der Waals surface area contributed by atoms with Crippen molar-refractivity contribution in [1.82, 2.24) is 5.32 Å². The van der Waals surface area contributed by atoms with E-state index in [0.717, 1.165) is 30.6 Å². The number of carboxylic acids is 1. The van der Waals surface area contributed by atoms with Crippen LogP contribution in [0.25, 0.3) is 0 Å². The number of aliphatic carboxylic acids is 1. The van der Waals surface area contributed by atoms with E-state index in [0.29, 0.717) is 12.8 Å². The van der Waals surface area contributed by atoms with Gasteiger partial charge in [0.05, 0.1) is 10.5 Å². The molecule has 0 radical (unpaired) electrons. The molecule has 108 valence electrons. The first kappa shape index (κ1) is 14.4. The van der Waals surface area contributed by atoms with Gasteiger partial charge in [-0.3, -0.25) is 14.9 Å². The Kier molecular flexibility index (Phi) is 4.03. The molecule has 1 amide bonds. The molecule has 1 aliphatic carbocycles. The third-order valence-electron chi connectivity index (χ3n) is 3.50. The summed E-state index contributed by atoms with van der Waals surface area (Å²) in [5, 5.41) is 23.7. The van der Waals surface area contributed by atoms with Crippen molar-refractivity contribution in [3.63, 3.8) is 0 Å². The second-order valence-corrected chi connectivity index (χ2v) is 5.72. The van der Waals surface area contributed by atoms with Crippen molar-refractivity contribution in [3.05, 3.63) is 27.1 Å². The van der Waals surface area contributed by atoms with Gasteiger partial charge < -0.3 is 10.4 Å². The fourth-order valence-corrected chi connectivity index (χ4v) is 3.08. The van der Waals surface area contributed by atoms with Crippen LogP contribution in [-0.4, -0.2) is 27.4 Å². The van der Waals surface area contributed by atoms with E-state index in [4.69, 9.17) is 0 Å². The van der Waals surface area contributed by atoms with Crippen LogP contribution in [0.3, 0.4) is 0 Å². The smallest absolute Gasteiger partial charge is 0.329 e. The summed E-state index contributed by atoms with van der Waals surface area (Å²) in [7, 11) is 0. The number of carboxylic acid groups (broad SMARTS) is 1. The van der Waals surface area contributed by atoms with Gasteiger partial charge in [-0.05, 0) is 12.8 Å². The molecule has 2 rings (SSSR count). The van der Waals surface area contributed by atoms with Crippen LogP contribution in [0.5, 0.6) is 0 Å². The van der Waals surface area contributed by atoms with Gasteiger partial charge in [0.25, 0.3) is 5.91 Å². The Morgan fingerprint density at radius 1 is 1.35 bits per heavy atom. The van der Waals surface area contributed by atoms with E-state index in [1.807, 2.05) is 0 Å². The van der Waals surface area contributed by atoms with Crippen LogP contribution < -0.4 is 5.32 Å². The van der Waals surface area contributed by atoms with E-state index in [2.05, 4.69) is 5.32 Å². The number of carbonyl (C=O) groups is 2. The maximum atomic E-state index is 12.1. The molecule has 1 aliphatic rings. The molecule has 8 heteroatoms. The van der Waals surface area contributed by atoms with Gasteiger partial charge >= 0.3 is 11.0 Å². The first-order chi connectivity index (χ1) is 9.44. The first-order valence-electron chi connectivity index (χ1n) is 6.23. The van der Waals surface area contributed by atoms with Crippen molar-refractivity contribution in [2.24, 2.45) is 0 Å². The summed E-state index contributed by atoms with van der Waals surface area (Å²) in [6, 6.07) is 1.17. The van der Waals surface area contributed by atoms with Gasteiger partial charge in [-0.2, -0.15) is 0 Å². The molecule has 1 aromatic heterocycles. The molecule has 1 fully saturated rings. The first-order valence-corrected chi connectivity index (χ1v) is 7.11. The van der Waals surface area contributed by atoms with Gasteiger partial charge in [0, 0.05) is 11.4 Å². The monoisotopic (exact) mass is 298 g/mol. The standard InChI is InChI=1S/C12H14N2O5S/c15-10(8-6-9(14(18)19)20-7-8)13-12(11(16)17)4-2-1-3-5-12/h6-7H,1-5H2,(H,13,15)(H,16,17). The summed E-state index contributed by atoms with van der Waals surface area (Å²) in [5.74, 6) is -1.62. The highest BCUT2D eigenvalue weighted by Gasteiger charge is 2.41. The summed E-state index contributed by atoms with van der Waals surface area (Å²) < 4.78 is 0. The van der Waals surface area contributed by atoms with Crippen molar-refractivity contribution in [1.29, 1.82) is 0 Å². The summed E-state index contributed by atoms with van der Waals surface area (Å²) in [6.07, 6.45) is 3.22. The zero-order chi connectivity index (χ0) is 14.8. The van der Waals surface area contributed by atoms with E-state index in [1.54, 1.807) is 0 Å². The molecule has 0 aromatic carbocycles. The number of nitro groups is 1. The number of rotatable bonds is 4. The van der Waals surface area contributed by atoms with Gasteiger partial charge in [0.2, 0.25) is 0 Å². The van der Waals surface area contributed by atoms with Gasteiger partial charge in [0.1, 0.15) is 5.54 Å². The van der Waals surface area contributed by atoms with Crippen LogP contribution >= 0.6 is 11.3 Å². The lowest BCUT2D eigenvalue weighted by Crippen LogP contribution is -2.55. The Balaban J connectivity index is 2.15. The van der Waals surface area contributed by atoms with E-state index < -0.39 is 22.3 Å². The van der Waals surface area contributed by atoms with Crippen LogP contribution in [0.1, 0.15) is 42.5 Å². The number of hydrogen-bond donors (Lipinski definition) is 2. The number of thiophene rings is 1. The van der Waals surface area contributed by atoms with Crippen molar-refractivity contribution in [2.75, 3.05) is 0 Å². The van der Waals surface area contributed by atoms with E-state index >= 15 is 0 Å². The Labute approximate surface area is 118 Å². The minimum atomic E-state index is -1.24. The molecule has 0 spiro atoms. The van der Waals surface area contributed by atoms with Crippen LogP contribution in [0.15, 0.2) is 11.4 Å². The molecule has 2 N–H and O–H groups in total. The molecular formula is C12H14N2O5S.